The quantitative estimate of drug-likeness (QED) is 0.827. The van der Waals surface area contributed by atoms with Gasteiger partial charge in [-0.1, -0.05) is 25.7 Å². The van der Waals surface area contributed by atoms with E-state index in [9.17, 15) is 18.3 Å². The summed E-state index contributed by atoms with van der Waals surface area (Å²) in [7, 11) is -3.95. The molecule has 7 heteroatoms. The van der Waals surface area contributed by atoms with Crippen LogP contribution in [0.1, 0.15) is 62.7 Å². The monoisotopic (exact) mass is 391 g/mol. The summed E-state index contributed by atoms with van der Waals surface area (Å²) in [5, 5.41) is 10.5. The molecule has 2 aliphatic carbocycles. The number of benzene rings is 1. The van der Waals surface area contributed by atoms with Gasteiger partial charge >= 0.3 is 5.97 Å². The number of carbonyl (C=O) groups is 1. The molecule has 1 fully saturated rings. The van der Waals surface area contributed by atoms with E-state index < -0.39 is 21.5 Å². The lowest BCUT2D eigenvalue weighted by molar-refractivity contribution is -0.143. The summed E-state index contributed by atoms with van der Waals surface area (Å²) >= 11 is 0. The van der Waals surface area contributed by atoms with Gasteiger partial charge in [-0.15, -0.1) is 0 Å². The fraction of sp³-hybridized carbons (Fsp3) is 0.550. The topological polar surface area (TPSA) is 96.6 Å². The smallest absolute Gasteiger partial charge is 0.324 e. The van der Waals surface area contributed by atoms with Crippen LogP contribution in [0.4, 0.5) is 0 Å². The minimum atomic E-state index is -3.95. The highest BCUT2D eigenvalue weighted by Gasteiger charge is 2.44. The van der Waals surface area contributed by atoms with Gasteiger partial charge in [-0.3, -0.25) is 4.79 Å². The Kier molecular flexibility index (Phi) is 4.76. The van der Waals surface area contributed by atoms with E-state index in [-0.39, 0.29) is 4.90 Å². The van der Waals surface area contributed by atoms with Crippen LogP contribution in [-0.2, 0) is 27.7 Å². The second-order valence-electron chi connectivity index (χ2n) is 7.78. The third kappa shape index (κ3) is 3.38. The summed E-state index contributed by atoms with van der Waals surface area (Å²) in [6.45, 7) is 0. The van der Waals surface area contributed by atoms with E-state index in [1.807, 2.05) is 0 Å². The van der Waals surface area contributed by atoms with Crippen LogP contribution in [-0.4, -0.2) is 25.0 Å². The summed E-state index contributed by atoms with van der Waals surface area (Å²) in [6.07, 6.45) is 8.48. The maximum Gasteiger partial charge on any atom is 0.324 e. The number of aryl methyl sites for hydroxylation is 2. The lowest BCUT2D eigenvalue weighted by Crippen LogP contribution is -2.52. The van der Waals surface area contributed by atoms with Gasteiger partial charge < -0.3 is 9.52 Å². The second kappa shape index (κ2) is 6.95. The fourth-order valence-electron chi connectivity index (χ4n) is 4.42. The van der Waals surface area contributed by atoms with Gasteiger partial charge in [0.15, 0.2) is 0 Å². The highest BCUT2D eigenvalue weighted by atomic mass is 32.2. The van der Waals surface area contributed by atoms with Gasteiger partial charge in [-0.05, 0) is 44.2 Å². The van der Waals surface area contributed by atoms with Crippen LogP contribution in [0.2, 0.25) is 0 Å². The van der Waals surface area contributed by atoms with Crippen molar-refractivity contribution in [1.29, 1.82) is 0 Å². The molecule has 146 valence electrons. The Hall–Kier alpha value is -1.86. The number of furan rings is 1. The van der Waals surface area contributed by atoms with Gasteiger partial charge in [0.2, 0.25) is 10.0 Å². The van der Waals surface area contributed by atoms with Gasteiger partial charge in [0.25, 0.3) is 0 Å². The van der Waals surface area contributed by atoms with Crippen molar-refractivity contribution in [2.45, 2.75) is 74.6 Å². The van der Waals surface area contributed by atoms with E-state index in [4.69, 9.17) is 4.42 Å². The molecule has 0 atom stereocenters. The van der Waals surface area contributed by atoms with Gasteiger partial charge in [0.1, 0.15) is 16.9 Å². The van der Waals surface area contributed by atoms with Gasteiger partial charge in [-0.2, -0.15) is 4.72 Å². The van der Waals surface area contributed by atoms with Crippen molar-refractivity contribution in [3.63, 3.8) is 0 Å². The average Bonchev–Trinajstić information content (AvgIpc) is 3.19. The average molecular weight is 391 g/mol. The number of rotatable bonds is 4. The van der Waals surface area contributed by atoms with Gasteiger partial charge in [-0.25, -0.2) is 8.42 Å². The summed E-state index contributed by atoms with van der Waals surface area (Å²) in [5.41, 5.74) is 0.367. The van der Waals surface area contributed by atoms with Crippen molar-refractivity contribution in [2.24, 2.45) is 0 Å². The molecule has 0 spiro atoms. The maximum atomic E-state index is 12.9. The molecule has 0 amide bonds. The van der Waals surface area contributed by atoms with E-state index >= 15 is 0 Å². The number of aliphatic carboxylic acids is 1. The van der Waals surface area contributed by atoms with Crippen LogP contribution in [0.15, 0.2) is 27.5 Å². The molecule has 0 unspecified atom stereocenters. The molecular weight excluding hydrogens is 366 g/mol. The highest BCUT2D eigenvalue weighted by Crippen LogP contribution is 2.34. The number of sulfonamides is 1. The number of carboxylic acids is 1. The Morgan fingerprint density at radius 1 is 1.04 bits per heavy atom. The lowest BCUT2D eigenvalue weighted by Gasteiger charge is -2.24. The lowest BCUT2D eigenvalue weighted by atomic mass is 9.97. The molecule has 4 rings (SSSR count). The van der Waals surface area contributed by atoms with E-state index in [1.165, 1.54) is 24.5 Å². The van der Waals surface area contributed by atoms with E-state index in [0.717, 1.165) is 36.8 Å². The third-order valence-corrected chi connectivity index (χ3v) is 7.47. The number of hydrogen-bond acceptors (Lipinski definition) is 4. The number of fused-ring (bicyclic) bond motifs is 3. The maximum absolute atomic E-state index is 12.9. The highest BCUT2D eigenvalue weighted by molar-refractivity contribution is 7.89. The van der Waals surface area contributed by atoms with E-state index in [1.54, 1.807) is 12.1 Å². The van der Waals surface area contributed by atoms with Crippen LogP contribution >= 0.6 is 0 Å². The predicted molar refractivity (Wildman–Crippen MR) is 101 cm³/mol. The molecule has 1 heterocycles. The molecule has 0 aliphatic heterocycles. The summed E-state index contributed by atoms with van der Waals surface area (Å²) in [4.78, 5) is 11.8. The molecule has 1 aromatic carbocycles. The third-order valence-electron chi connectivity index (χ3n) is 5.94. The molecule has 2 aliphatic rings. The molecule has 2 N–H and O–H groups in total. The van der Waals surface area contributed by atoms with Crippen LogP contribution < -0.4 is 4.72 Å². The zero-order valence-electron chi connectivity index (χ0n) is 15.3. The van der Waals surface area contributed by atoms with Crippen molar-refractivity contribution in [1.82, 2.24) is 4.72 Å². The Morgan fingerprint density at radius 3 is 2.44 bits per heavy atom. The first-order chi connectivity index (χ1) is 12.9. The number of nitrogens with one attached hydrogen (secondary N) is 1. The molecule has 0 radical (unpaired) electrons. The Balaban J connectivity index is 1.70. The normalized spacial score (nSPS) is 20.1. The van der Waals surface area contributed by atoms with E-state index in [2.05, 4.69) is 4.72 Å². The molecule has 6 nitrogen and oxygen atoms in total. The van der Waals surface area contributed by atoms with E-state index in [0.29, 0.717) is 31.3 Å². The van der Waals surface area contributed by atoms with Crippen LogP contribution in [0.5, 0.6) is 0 Å². The molecular formula is C20H25NO5S. The first-order valence-corrected chi connectivity index (χ1v) is 11.2. The standard InChI is InChI=1S/C20H25NO5S/c22-19(23)20(11-5-6-12-20)21-27(24,25)14-9-10-16-15-7-3-1-2-4-8-17(15)26-18(16)13-14/h9-10,13,21H,1-8,11-12H2,(H,22,23). The molecule has 0 saturated heterocycles. The summed E-state index contributed by atoms with van der Waals surface area (Å²) in [5.74, 6) is -0.143. The molecule has 0 bridgehead atoms. The van der Waals surface area contributed by atoms with Crippen molar-refractivity contribution in [3.8, 4) is 0 Å². The SMILES string of the molecule is O=C(O)C1(NS(=O)(=O)c2ccc3c4c(oc3c2)CCCCCC4)CCCC1. The molecule has 1 saturated carbocycles. The summed E-state index contributed by atoms with van der Waals surface area (Å²) in [6, 6.07) is 4.90. The predicted octanol–water partition coefficient (Wildman–Crippen LogP) is 3.77. The van der Waals surface area contributed by atoms with Crippen molar-refractivity contribution in [3.05, 3.63) is 29.5 Å². The Morgan fingerprint density at radius 2 is 1.74 bits per heavy atom. The van der Waals surface area contributed by atoms with Gasteiger partial charge in [0, 0.05) is 23.4 Å². The minimum absolute atomic E-state index is 0.0595. The van der Waals surface area contributed by atoms with Crippen molar-refractivity contribution < 1.29 is 22.7 Å². The van der Waals surface area contributed by atoms with Crippen LogP contribution in [0, 0.1) is 0 Å². The fourth-order valence-corrected chi connectivity index (χ4v) is 5.85. The Labute approximate surface area is 159 Å². The summed E-state index contributed by atoms with van der Waals surface area (Å²) < 4.78 is 34.2. The molecule has 2 aromatic rings. The zero-order chi connectivity index (χ0) is 19.1. The van der Waals surface area contributed by atoms with Crippen LogP contribution in [0.3, 0.4) is 0 Å². The van der Waals surface area contributed by atoms with Crippen molar-refractivity contribution in [2.75, 3.05) is 0 Å². The zero-order valence-corrected chi connectivity index (χ0v) is 16.1. The molecule has 27 heavy (non-hydrogen) atoms. The minimum Gasteiger partial charge on any atom is -0.480 e. The second-order valence-corrected chi connectivity index (χ2v) is 9.46. The first-order valence-electron chi connectivity index (χ1n) is 9.73. The number of hydrogen-bond donors (Lipinski definition) is 2. The largest absolute Gasteiger partial charge is 0.480 e. The van der Waals surface area contributed by atoms with Crippen LogP contribution in [0.25, 0.3) is 11.0 Å². The van der Waals surface area contributed by atoms with Crippen molar-refractivity contribution >= 4 is 27.0 Å². The molecule has 1 aromatic heterocycles. The number of carboxylic acid groups (broad SMARTS) is 1. The van der Waals surface area contributed by atoms with Gasteiger partial charge in [0.05, 0.1) is 4.90 Å². The Bertz CT molecular complexity index is 970. The first kappa shape index (κ1) is 18.5.